The molecule has 0 radical (unpaired) electrons. The Morgan fingerprint density at radius 2 is 1.64 bits per heavy atom. The number of hydrogen-bond acceptors (Lipinski definition) is 3. The van der Waals surface area contributed by atoms with Crippen LogP contribution in [0.1, 0.15) is 18.4 Å². The smallest absolute Gasteiger partial charge is 0.264 e. The molecule has 28 heavy (non-hydrogen) atoms. The molecule has 0 aliphatic rings. The van der Waals surface area contributed by atoms with Crippen LogP contribution < -0.4 is 4.72 Å². The molecular formula is C21H17F2NO3S. The summed E-state index contributed by atoms with van der Waals surface area (Å²) in [4.78, 5) is 12.0. The topological polar surface area (TPSA) is 63.2 Å². The zero-order chi connectivity index (χ0) is 20.3. The van der Waals surface area contributed by atoms with Crippen molar-refractivity contribution in [3.8, 4) is 11.1 Å². The van der Waals surface area contributed by atoms with E-state index in [0.29, 0.717) is 16.7 Å². The second kappa shape index (κ2) is 7.90. The minimum absolute atomic E-state index is 0.323. The maximum atomic E-state index is 14.5. The van der Waals surface area contributed by atoms with Gasteiger partial charge in [-0.15, -0.1) is 0 Å². The summed E-state index contributed by atoms with van der Waals surface area (Å²) in [5, 5.41) is 0. The van der Waals surface area contributed by atoms with Gasteiger partial charge in [-0.05, 0) is 42.3 Å². The van der Waals surface area contributed by atoms with Crippen molar-refractivity contribution in [2.75, 3.05) is 0 Å². The van der Waals surface area contributed by atoms with Crippen molar-refractivity contribution in [3.63, 3.8) is 0 Å². The fourth-order valence-electron chi connectivity index (χ4n) is 2.72. The van der Waals surface area contributed by atoms with Gasteiger partial charge in [-0.2, -0.15) is 0 Å². The van der Waals surface area contributed by atoms with Gasteiger partial charge in [-0.25, -0.2) is 21.9 Å². The molecule has 3 aromatic carbocycles. The molecule has 144 valence electrons. The van der Waals surface area contributed by atoms with E-state index in [4.69, 9.17) is 0 Å². The standard InChI is InChI=1S/C21H17F2NO3S/c1-14(21(25)24-28(26,27)18-9-5-8-17(22)13-18)16-10-11-19(20(23)12-16)15-6-3-2-4-7-15/h2-14H,1H3,(H,24,25)/t14-/m1/s1. The van der Waals surface area contributed by atoms with E-state index in [0.717, 1.165) is 12.1 Å². The van der Waals surface area contributed by atoms with Crippen molar-refractivity contribution < 1.29 is 22.0 Å². The molecule has 0 unspecified atom stereocenters. The average molecular weight is 401 g/mol. The van der Waals surface area contributed by atoms with Crippen molar-refractivity contribution in [2.45, 2.75) is 17.7 Å². The maximum absolute atomic E-state index is 14.5. The van der Waals surface area contributed by atoms with Crippen LogP contribution in [-0.2, 0) is 14.8 Å². The Balaban J connectivity index is 1.81. The SMILES string of the molecule is C[C@@H](C(=O)NS(=O)(=O)c1cccc(F)c1)c1ccc(-c2ccccc2)c(F)c1. The monoisotopic (exact) mass is 401 g/mol. The first kappa shape index (κ1) is 19.7. The second-order valence-electron chi connectivity index (χ2n) is 6.25. The zero-order valence-electron chi connectivity index (χ0n) is 14.9. The molecule has 3 rings (SSSR count). The van der Waals surface area contributed by atoms with Gasteiger partial charge in [0.2, 0.25) is 5.91 Å². The van der Waals surface area contributed by atoms with Gasteiger partial charge in [-0.3, -0.25) is 4.79 Å². The summed E-state index contributed by atoms with van der Waals surface area (Å²) < 4.78 is 54.2. The third-order valence-electron chi connectivity index (χ3n) is 4.31. The van der Waals surface area contributed by atoms with E-state index in [1.165, 1.54) is 25.1 Å². The first-order valence-electron chi connectivity index (χ1n) is 8.45. The molecule has 0 spiro atoms. The fourth-order valence-corrected chi connectivity index (χ4v) is 3.80. The Morgan fingerprint density at radius 3 is 2.29 bits per heavy atom. The van der Waals surface area contributed by atoms with Crippen LogP contribution in [0, 0.1) is 11.6 Å². The first-order chi connectivity index (χ1) is 13.3. The third kappa shape index (κ3) is 4.26. The molecule has 0 saturated heterocycles. The van der Waals surface area contributed by atoms with E-state index in [9.17, 15) is 22.0 Å². The molecule has 1 amide bonds. The lowest BCUT2D eigenvalue weighted by Gasteiger charge is -2.14. The number of benzene rings is 3. The van der Waals surface area contributed by atoms with Gasteiger partial charge < -0.3 is 0 Å². The van der Waals surface area contributed by atoms with Gasteiger partial charge in [0.05, 0.1) is 10.8 Å². The molecule has 0 aliphatic carbocycles. The van der Waals surface area contributed by atoms with E-state index in [1.54, 1.807) is 36.4 Å². The molecule has 1 atom stereocenters. The van der Waals surface area contributed by atoms with Gasteiger partial charge in [0.15, 0.2) is 0 Å². The van der Waals surface area contributed by atoms with Crippen LogP contribution in [0.4, 0.5) is 8.78 Å². The van der Waals surface area contributed by atoms with Gasteiger partial charge in [0, 0.05) is 5.56 Å². The molecule has 0 aliphatic heterocycles. The maximum Gasteiger partial charge on any atom is 0.264 e. The number of amides is 1. The van der Waals surface area contributed by atoms with Gasteiger partial charge in [0.25, 0.3) is 10.0 Å². The minimum atomic E-state index is -4.23. The molecule has 3 aromatic rings. The van der Waals surface area contributed by atoms with Crippen molar-refractivity contribution in [2.24, 2.45) is 0 Å². The third-order valence-corrected chi connectivity index (χ3v) is 5.66. The molecule has 4 nitrogen and oxygen atoms in total. The predicted molar refractivity (Wildman–Crippen MR) is 102 cm³/mol. The predicted octanol–water partition coefficient (Wildman–Crippen LogP) is 4.24. The molecule has 0 heterocycles. The van der Waals surface area contributed by atoms with E-state index in [-0.39, 0.29) is 4.90 Å². The Hall–Kier alpha value is -3.06. The van der Waals surface area contributed by atoms with Crippen LogP contribution in [0.15, 0.2) is 77.7 Å². The molecule has 0 bridgehead atoms. The van der Waals surface area contributed by atoms with Crippen LogP contribution in [0.2, 0.25) is 0 Å². The van der Waals surface area contributed by atoms with Gasteiger partial charge >= 0.3 is 0 Å². The minimum Gasteiger partial charge on any atom is -0.273 e. The van der Waals surface area contributed by atoms with E-state index >= 15 is 0 Å². The van der Waals surface area contributed by atoms with Crippen LogP contribution in [0.3, 0.4) is 0 Å². The highest BCUT2D eigenvalue weighted by molar-refractivity contribution is 7.90. The summed E-state index contributed by atoms with van der Waals surface area (Å²) in [7, 11) is -4.23. The lowest BCUT2D eigenvalue weighted by atomic mass is 9.96. The average Bonchev–Trinajstić information content (AvgIpc) is 2.67. The highest BCUT2D eigenvalue weighted by Crippen LogP contribution is 2.26. The number of carbonyl (C=O) groups is 1. The van der Waals surface area contributed by atoms with Crippen LogP contribution in [0.5, 0.6) is 0 Å². The Bertz CT molecular complexity index is 1120. The summed E-state index contributed by atoms with van der Waals surface area (Å²) in [6, 6.07) is 17.6. The highest BCUT2D eigenvalue weighted by atomic mass is 32.2. The fraction of sp³-hybridized carbons (Fsp3) is 0.0952. The second-order valence-corrected chi connectivity index (χ2v) is 7.94. The molecule has 0 saturated carbocycles. The Labute approximate surface area is 161 Å². The highest BCUT2D eigenvalue weighted by Gasteiger charge is 2.24. The summed E-state index contributed by atoms with van der Waals surface area (Å²) in [5.41, 5.74) is 1.39. The lowest BCUT2D eigenvalue weighted by Crippen LogP contribution is -2.33. The number of halogens is 2. The quantitative estimate of drug-likeness (QED) is 0.696. The van der Waals surface area contributed by atoms with Crippen LogP contribution in [-0.4, -0.2) is 14.3 Å². The molecule has 1 N–H and O–H groups in total. The lowest BCUT2D eigenvalue weighted by molar-refractivity contribution is -0.120. The molecular weight excluding hydrogens is 384 g/mol. The number of rotatable bonds is 5. The molecule has 0 aromatic heterocycles. The van der Waals surface area contributed by atoms with Crippen molar-refractivity contribution in [1.29, 1.82) is 0 Å². The Morgan fingerprint density at radius 1 is 0.929 bits per heavy atom. The molecule has 0 fully saturated rings. The largest absolute Gasteiger partial charge is 0.273 e. The summed E-state index contributed by atoms with van der Waals surface area (Å²) in [6.07, 6.45) is 0. The van der Waals surface area contributed by atoms with E-state index in [1.807, 2.05) is 10.8 Å². The van der Waals surface area contributed by atoms with Crippen LogP contribution in [0.25, 0.3) is 11.1 Å². The zero-order valence-corrected chi connectivity index (χ0v) is 15.7. The van der Waals surface area contributed by atoms with Gasteiger partial charge in [0.1, 0.15) is 11.6 Å². The van der Waals surface area contributed by atoms with E-state index in [2.05, 4.69) is 0 Å². The van der Waals surface area contributed by atoms with Crippen LogP contribution >= 0.6 is 0 Å². The molecule has 7 heteroatoms. The number of hydrogen-bond donors (Lipinski definition) is 1. The summed E-state index contributed by atoms with van der Waals surface area (Å²) in [5.74, 6) is -3.02. The van der Waals surface area contributed by atoms with Gasteiger partial charge in [-0.1, -0.05) is 48.5 Å². The van der Waals surface area contributed by atoms with E-state index < -0.39 is 33.5 Å². The Kier molecular flexibility index (Phi) is 5.56. The summed E-state index contributed by atoms with van der Waals surface area (Å²) >= 11 is 0. The normalized spacial score (nSPS) is 12.4. The van der Waals surface area contributed by atoms with Crippen molar-refractivity contribution >= 4 is 15.9 Å². The first-order valence-corrected chi connectivity index (χ1v) is 9.93. The number of carbonyl (C=O) groups excluding carboxylic acids is 1. The van der Waals surface area contributed by atoms with Crippen molar-refractivity contribution in [1.82, 2.24) is 4.72 Å². The summed E-state index contributed by atoms with van der Waals surface area (Å²) in [6.45, 7) is 1.47. The van der Waals surface area contributed by atoms with Crippen molar-refractivity contribution in [3.05, 3.63) is 90.0 Å². The number of nitrogens with one attached hydrogen (secondary N) is 1. The number of sulfonamides is 1.